The van der Waals surface area contributed by atoms with Gasteiger partial charge in [0.15, 0.2) is 0 Å². The van der Waals surface area contributed by atoms with Crippen LogP contribution in [-0.4, -0.2) is 10.9 Å². The molecule has 1 saturated carbocycles. The van der Waals surface area contributed by atoms with E-state index in [0.29, 0.717) is 5.92 Å². The SMILES string of the molecule is CC(C)c1ccc2nc(-c3cccc(NC(=O)C4CC4)c3)ccc2c1. The molecule has 2 aromatic carbocycles. The van der Waals surface area contributed by atoms with Crippen LogP contribution in [0.5, 0.6) is 0 Å². The third-order valence-electron chi connectivity index (χ3n) is 4.75. The Morgan fingerprint density at radius 3 is 2.68 bits per heavy atom. The first-order valence-electron chi connectivity index (χ1n) is 8.92. The molecule has 3 nitrogen and oxygen atoms in total. The number of benzene rings is 2. The van der Waals surface area contributed by atoms with Crippen molar-refractivity contribution in [1.82, 2.24) is 4.98 Å². The van der Waals surface area contributed by atoms with Crippen LogP contribution < -0.4 is 5.32 Å². The molecular weight excluding hydrogens is 308 g/mol. The minimum absolute atomic E-state index is 0.129. The molecule has 1 fully saturated rings. The Morgan fingerprint density at radius 2 is 1.92 bits per heavy atom. The van der Waals surface area contributed by atoms with Crippen molar-refractivity contribution < 1.29 is 4.79 Å². The van der Waals surface area contributed by atoms with Crippen LogP contribution in [0.1, 0.15) is 38.2 Å². The van der Waals surface area contributed by atoms with E-state index in [2.05, 4.69) is 43.4 Å². The Labute approximate surface area is 148 Å². The average molecular weight is 330 g/mol. The topological polar surface area (TPSA) is 42.0 Å². The average Bonchev–Trinajstić information content (AvgIpc) is 3.46. The highest BCUT2D eigenvalue weighted by Gasteiger charge is 2.29. The molecule has 0 radical (unpaired) electrons. The Kier molecular flexibility index (Phi) is 4.00. The molecular formula is C22H22N2O. The predicted octanol–water partition coefficient (Wildman–Crippen LogP) is 5.37. The molecule has 0 spiro atoms. The molecule has 1 aliphatic rings. The zero-order valence-electron chi connectivity index (χ0n) is 14.6. The molecule has 0 atom stereocenters. The van der Waals surface area contributed by atoms with Crippen LogP contribution in [0.4, 0.5) is 5.69 Å². The first-order valence-corrected chi connectivity index (χ1v) is 8.92. The summed E-state index contributed by atoms with van der Waals surface area (Å²) in [6.07, 6.45) is 2.02. The molecule has 1 aliphatic carbocycles. The van der Waals surface area contributed by atoms with Crippen LogP contribution in [-0.2, 0) is 4.79 Å². The molecule has 1 N–H and O–H groups in total. The third-order valence-corrected chi connectivity index (χ3v) is 4.75. The van der Waals surface area contributed by atoms with E-state index in [9.17, 15) is 4.79 Å². The number of amides is 1. The Bertz CT molecular complexity index is 942. The van der Waals surface area contributed by atoms with Gasteiger partial charge < -0.3 is 5.32 Å². The lowest BCUT2D eigenvalue weighted by Gasteiger charge is -2.09. The highest BCUT2D eigenvalue weighted by Crippen LogP contribution is 2.31. The zero-order chi connectivity index (χ0) is 17.4. The third kappa shape index (κ3) is 3.41. The second kappa shape index (κ2) is 6.32. The number of fused-ring (bicyclic) bond motifs is 1. The predicted molar refractivity (Wildman–Crippen MR) is 103 cm³/mol. The number of hydrogen-bond donors (Lipinski definition) is 1. The molecule has 0 saturated heterocycles. The minimum atomic E-state index is 0.129. The molecule has 126 valence electrons. The summed E-state index contributed by atoms with van der Waals surface area (Å²) in [5.74, 6) is 0.846. The van der Waals surface area contributed by atoms with Gasteiger partial charge in [0.2, 0.25) is 5.91 Å². The van der Waals surface area contributed by atoms with E-state index < -0.39 is 0 Å². The Hall–Kier alpha value is -2.68. The Balaban J connectivity index is 1.64. The highest BCUT2D eigenvalue weighted by atomic mass is 16.2. The van der Waals surface area contributed by atoms with Crippen LogP contribution in [0.3, 0.4) is 0 Å². The quantitative estimate of drug-likeness (QED) is 0.698. The summed E-state index contributed by atoms with van der Waals surface area (Å²) in [5.41, 5.74) is 5.10. The van der Waals surface area contributed by atoms with Gasteiger partial charge in [0.1, 0.15) is 0 Å². The van der Waals surface area contributed by atoms with E-state index in [-0.39, 0.29) is 11.8 Å². The molecule has 25 heavy (non-hydrogen) atoms. The maximum Gasteiger partial charge on any atom is 0.227 e. The monoisotopic (exact) mass is 330 g/mol. The number of carbonyl (C=O) groups excluding carboxylic acids is 1. The molecule has 3 aromatic rings. The van der Waals surface area contributed by atoms with E-state index in [1.54, 1.807) is 0 Å². The standard InChI is InChI=1S/C22H22N2O/c1-14(2)16-8-10-21-18(12-16)9-11-20(24-21)17-4-3-5-19(13-17)23-22(25)15-6-7-15/h3-5,8-15H,6-7H2,1-2H3,(H,23,25). The fourth-order valence-electron chi connectivity index (χ4n) is 3.01. The summed E-state index contributed by atoms with van der Waals surface area (Å²) in [6.45, 7) is 4.40. The van der Waals surface area contributed by atoms with Crippen molar-refractivity contribution in [2.75, 3.05) is 5.32 Å². The lowest BCUT2D eigenvalue weighted by atomic mass is 10.0. The number of aromatic nitrogens is 1. The number of nitrogens with zero attached hydrogens (tertiary/aromatic N) is 1. The summed E-state index contributed by atoms with van der Waals surface area (Å²) >= 11 is 0. The van der Waals surface area contributed by atoms with Crippen molar-refractivity contribution in [1.29, 1.82) is 0 Å². The van der Waals surface area contributed by atoms with Gasteiger partial charge in [0, 0.05) is 22.6 Å². The van der Waals surface area contributed by atoms with Crippen LogP contribution in [0, 0.1) is 5.92 Å². The fraction of sp³-hybridized carbons (Fsp3) is 0.273. The van der Waals surface area contributed by atoms with Crippen molar-refractivity contribution >= 4 is 22.5 Å². The molecule has 1 heterocycles. The van der Waals surface area contributed by atoms with E-state index in [1.807, 2.05) is 30.3 Å². The van der Waals surface area contributed by atoms with Crippen molar-refractivity contribution in [3.8, 4) is 11.3 Å². The van der Waals surface area contributed by atoms with Crippen molar-refractivity contribution in [2.24, 2.45) is 5.92 Å². The number of pyridine rings is 1. The lowest BCUT2D eigenvalue weighted by molar-refractivity contribution is -0.117. The second-order valence-corrected chi connectivity index (χ2v) is 7.15. The van der Waals surface area contributed by atoms with Crippen molar-refractivity contribution in [3.63, 3.8) is 0 Å². The van der Waals surface area contributed by atoms with Gasteiger partial charge in [-0.3, -0.25) is 4.79 Å². The summed E-state index contributed by atoms with van der Waals surface area (Å²) in [4.78, 5) is 16.8. The first-order chi connectivity index (χ1) is 12.1. The molecule has 3 heteroatoms. The molecule has 1 amide bonds. The second-order valence-electron chi connectivity index (χ2n) is 7.15. The van der Waals surface area contributed by atoms with Gasteiger partial charge in [-0.1, -0.05) is 38.1 Å². The molecule has 4 rings (SSSR count). The summed E-state index contributed by atoms with van der Waals surface area (Å²) in [7, 11) is 0. The van der Waals surface area contributed by atoms with Gasteiger partial charge >= 0.3 is 0 Å². The van der Waals surface area contributed by atoms with Gasteiger partial charge in [0.05, 0.1) is 11.2 Å². The molecule has 0 bridgehead atoms. The van der Waals surface area contributed by atoms with E-state index >= 15 is 0 Å². The lowest BCUT2D eigenvalue weighted by Crippen LogP contribution is -2.13. The van der Waals surface area contributed by atoms with Gasteiger partial charge in [-0.15, -0.1) is 0 Å². The smallest absolute Gasteiger partial charge is 0.227 e. The van der Waals surface area contributed by atoms with E-state index in [1.165, 1.54) is 5.56 Å². The fourth-order valence-corrected chi connectivity index (χ4v) is 3.01. The zero-order valence-corrected chi connectivity index (χ0v) is 14.6. The summed E-state index contributed by atoms with van der Waals surface area (Å²) in [6, 6.07) is 18.5. The molecule has 0 unspecified atom stereocenters. The Morgan fingerprint density at radius 1 is 1.08 bits per heavy atom. The van der Waals surface area contributed by atoms with E-state index in [0.717, 1.165) is 40.7 Å². The maximum atomic E-state index is 12.0. The normalized spacial score (nSPS) is 14.0. The largest absolute Gasteiger partial charge is 0.326 e. The number of anilines is 1. The number of hydrogen-bond acceptors (Lipinski definition) is 2. The van der Waals surface area contributed by atoms with Crippen molar-refractivity contribution in [3.05, 3.63) is 60.2 Å². The molecule has 0 aliphatic heterocycles. The van der Waals surface area contributed by atoms with Crippen LogP contribution in [0.2, 0.25) is 0 Å². The van der Waals surface area contributed by atoms with Crippen LogP contribution >= 0.6 is 0 Å². The maximum absolute atomic E-state index is 12.0. The van der Waals surface area contributed by atoms with Gasteiger partial charge in [0.25, 0.3) is 0 Å². The summed E-state index contributed by atoms with van der Waals surface area (Å²) < 4.78 is 0. The first kappa shape index (κ1) is 15.8. The van der Waals surface area contributed by atoms with Gasteiger partial charge in [-0.05, 0) is 54.7 Å². The highest BCUT2D eigenvalue weighted by molar-refractivity contribution is 5.94. The van der Waals surface area contributed by atoms with E-state index in [4.69, 9.17) is 4.98 Å². The number of rotatable bonds is 4. The number of carbonyl (C=O) groups is 1. The van der Waals surface area contributed by atoms with Crippen LogP contribution in [0.25, 0.3) is 22.2 Å². The minimum Gasteiger partial charge on any atom is -0.326 e. The summed E-state index contributed by atoms with van der Waals surface area (Å²) in [5, 5.41) is 4.16. The van der Waals surface area contributed by atoms with Crippen molar-refractivity contribution in [2.45, 2.75) is 32.6 Å². The molecule has 1 aromatic heterocycles. The number of nitrogens with one attached hydrogen (secondary N) is 1. The van der Waals surface area contributed by atoms with Gasteiger partial charge in [-0.25, -0.2) is 4.98 Å². The van der Waals surface area contributed by atoms with Crippen LogP contribution in [0.15, 0.2) is 54.6 Å². The van der Waals surface area contributed by atoms with Gasteiger partial charge in [-0.2, -0.15) is 0 Å².